The minimum atomic E-state index is -0.319. The fraction of sp³-hybridized carbons (Fsp3) is 0.360. The largest absolute Gasteiger partial charge is 0.497 e. The number of hydrogen-bond donors (Lipinski definition) is 1. The number of carbonyl (C=O) groups excluding carboxylic acids is 1. The van der Waals surface area contributed by atoms with Crippen LogP contribution in [0.1, 0.15) is 51.9 Å². The Morgan fingerprint density at radius 2 is 1.53 bits per heavy atom. The van der Waals surface area contributed by atoms with Gasteiger partial charge in [-0.2, -0.15) is 5.10 Å². The van der Waals surface area contributed by atoms with Gasteiger partial charge in [-0.1, -0.05) is 12.1 Å². The molecular weight excluding hydrogens is 374 g/mol. The van der Waals surface area contributed by atoms with Gasteiger partial charge < -0.3 is 10.1 Å². The summed E-state index contributed by atoms with van der Waals surface area (Å²) in [6.07, 6.45) is 1.80. The van der Waals surface area contributed by atoms with Crippen LogP contribution in [0.2, 0.25) is 0 Å². The second-order valence-corrected chi connectivity index (χ2v) is 9.53. The van der Waals surface area contributed by atoms with Crippen LogP contribution in [0.15, 0.2) is 54.7 Å². The third kappa shape index (κ3) is 4.90. The lowest BCUT2D eigenvalue weighted by Gasteiger charge is -2.24. The Morgan fingerprint density at radius 3 is 2.10 bits per heavy atom. The third-order valence-corrected chi connectivity index (χ3v) is 4.68. The van der Waals surface area contributed by atoms with Gasteiger partial charge in [-0.05, 0) is 89.1 Å². The first-order chi connectivity index (χ1) is 14.0. The van der Waals surface area contributed by atoms with Crippen molar-refractivity contribution in [2.75, 3.05) is 7.11 Å². The summed E-state index contributed by atoms with van der Waals surface area (Å²) in [7, 11) is 1.65. The Kier molecular flexibility index (Phi) is 5.75. The van der Waals surface area contributed by atoms with E-state index in [0.717, 1.165) is 28.1 Å². The highest BCUT2D eigenvalue weighted by atomic mass is 16.5. The molecule has 30 heavy (non-hydrogen) atoms. The molecule has 0 radical (unpaired) electrons. The highest BCUT2D eigenvalue weighted by Crippen LogP contribution is 2.31. The Bertz CT molecular complexity index is 1040. The van der Waals surface area contributed by atoms with Gasteiger partial charge in [-0.15, -0.1) is 0 Å². The van der Waals surface area contributed by atoms with Gasteiger partial charge in [0, 0.05) is 22.9 Å². The van der Waals surface area contributed by atoms with Gasteiger partial charge in [0.1, 0.15) is 5.75 Å². The molecule has 5 heteroatoms. The van der Waals surface area contributed by atoms with Crippen molar-refractivity contribution in [1.29, 1.82) is 0 Å². The van der Waals surface area contributed by atoms with E-state index in [1.54, 1.807) is 13.3 Å². The first kappa shape index (κ1) is 21.6. The quantitative estimate of drug-likeness (QED) is 0.623. The number of amides is 1. The van der Waals surface area contributed by atoms with Crippen molar-refractivity contribution in [2.45, 2.75) is 52.6 Å². The molecule has 1 heterocycles. The Hall–Kier alpha value is -3.08. The highest BCUT2D eigenvalue weighted by molar-refractivity contribution is 5.97. The molecule has 3 rings (SSSR count). The van der Waals surface area contributed by atoms with E-state index >= 15 is 0 Å². The molecule has 1 N–H and O–H groups in total. The zero-order chi connectivity index (χ0) is 22.1. The van der Waals surface area contributed by atoms with Gasteiger partial charge in [0.05, 0.1) is 18.3 Å². The summed E-state index contributed by atoms with van der Waals surface area (Å²) in [5, 5.41) is 7.59. The van der Waals surface area contributed by atoms with Gasteiger partial charge in [0.25, 0.3) is 5.91 Å². The average molecular weight is 406 g/mol. The SMILES string of the molecule is COc1ccc(-c2cc(C(=O)NC(C)(C)C)cc(-c3ccnn3C(C)(C)C)c2)cc1. The number of nitrogens with one attached hydrogen (secondary N) is 1. The van der Waals surface area contributed by atoms with Gasteiger partial charge in [-0.25, -0.2) is 0 Å². The van der Waals surface area contributed by atoms with E-state index in [0.29, 0.717) is 5.56 Å². The molecule has 0 fully saturated rings. The smallest absolute Gasteiger partial charge is 0.251 e. The molecule has 2 aromatic carbocycles. The van der Waals surface area contributed by atoms with Gasteiger partial charge >= 0.3 is 0 Å². The normalized spacial score (nSPS) is 12.0. The van der Waals surface area contributed by atoms with E-state index in [4.69, 9.17) is 4.74 Å². The average Bonchev–Trinajstić information content (AvgIpc) is 3.17. The van der Waals surface area contributed by atoms with Crippen LogP contribution < -0.4 is 10.1 Å². The lowest BCUT2D eigenvalue weighted by Crippen LogP contribution is -2.40. The summed E-state index contributed by atoms with van der Waals surface area (Å²) in [6.45, 7) is 12.3. The monoisotopic (exact) mass is 405 g/mol. The molecule has 0 saturated heterocycles. The van der Waals surface area contributed by atoms with Gasteiger partial charge in [-0.3, -0.25) is 9.48 Å². The summed E-state index contributed by atoms with van der Waals surface area (Å²) in [4.78, 5) is 13.0. The van der Waals surface area contributed by atoms with Crippen molar-refractivity contribution >= 4 is 5.91 Å². The first-order valence-electron chi connectivity index (χ1n) is 10.1. The van der Waals surface area contributed by atoms with E-state index < -0.39 is 0 Å². The zero-order valence-electron chi connectivity index (χ0n) is 18.9. The first-order valence-corrected chi connectivity index (χ1v) is 10.1. The molecule has 0 bridgehead atoms. The third-order valence-electron chi connectivity index (χ3n) is 4.68. The van der Waals surface area contributed by atoms with Gasteiger partial charge in [0.15, 0.2) is 0 Å². The van der Waals surface area contributed by atoms with Gasteiger partial charge in [0.2, 0.25) is 0 Å². The van der Waals surface area contributed by atoms with Crippen molar-refractivity contribution in [3.05, 3.63) is 60.3 Å². The van der Waals surface area contributed by atoms with Crippen molar-refractivity contribution in [3.63, 3.8) is 0 Å². The van der Waals surface area contributed by atoms with E-state index in [-0.39, 0.29) is 17.0 Å². The van der Waals surface area contributed by atoms with Crippen molar-refractivity contribution in [1.82, 2.24) is 15.1 Å². The minimum absolute atomic E-state index is 0.0964. The van der Waals surface area contributed by atoms with Crippen LogP contribution in [-0.2, 0) is 5.54 Å². The van der Waals surface area contributed by atoms with Crippen LogP contribution in [0.5, 0.6) is 5.75 Å². The van der Waals surface area contributed by atoms with Crippen LogP contribution in [0, 0.1) is 0 Å². The molecular formula is C25H31N3O2. The fourth-order valence-corrected chi connectivity index (χ4v) is 3.33. The zero-order valence-corrected chi connectivity index (χ0v) is 18.9. The maximum absolute atomic E-state index is 13.0. The molecule has 1 aromatic heterocycles. The summed E-state index contributed by atoms with van der Waals surface area (Å²) in [5.74, 6) is 0.701. The van der Waals surface area contributed by atoms with Crippen LogP contribution >= 0.6 is 0 Å². The summed E-state index contributed by atoms with van der Waals surface area (Å²) < 4.78 is 7.27. The standard InChI is InChI=1S/C25H31N3O2/c1-24(2,3)27-23(29)20-15-18(17-8-10-21(30-7)11-9-17)14-19(16-20)22-12-13-26-28(22)25(4,5)6/h8-16H,1-7H3,(H,27,29). The Balaban J connectivity index is 2.16. The van der Waals surface area contributed by atoms with E-state index in [1.807, 2.05) is 67.9 Å². The molecule has 0 saturated carbocycles. The number of ether oxygens (including phenoxy) is 1. The molecule has 1 amide bonds. The van der Waals surface area contributed by atoms with E-state index in [9.17, 15) is 4.79 Å². The summed E-state index contributed by atoms with van der Waals surface area (Å²) >= 11 is 0. The molecule has 3 aromatic rings. The van der Waals surface area contributed by atoms with Crippen molar-refractivity contribution in [3.8, 4) is 28.1 Å². The van der Waals surface area contributed by atoms with Crippen LogP contribution in [0.4, 0.5) is 0 Å². The second-order valence-electron chi connectivity index (χ2n) is 9.53. The number of aromatic nitrogens is 2. The molecule has 0 aliphatic rings. The second kappa shape index (κ2) is 7.98. The number of benzene rings is 2. The van der Waals surface area contributed by atoms with Crippen LogP contribution in [-0.4, -0.2) is 28.3 Å². The Morgan fingerprint density at radius 1 is 0.900 bits per heavy atom. The molecule has 0 spiro atoms. The Labute approximate surface area is 179 Å². The summed E-state index contributed by atoms with van der Waals surface area (Å²) in [6, 6.07) is 15.8. The molecule has 5 nitrogen and oxygen atoms in total. The number of nitrogens with zero attached hydrogens (tertiary/aromatic N) is 2. The van der Waals surface area contributed by atoms with Crippen molar-refractivity contribution < 1.29 is 9.53 Å². The van der Waals surface area contributed by atoms with E-state index in [2.05, 4.69) is 37.3 Å². The predicted molar refractivity (Wildman–Crippen MR) is 122 cm³/mol. The lowest BCUT2D eigenvalue weighted by molar-refractivity contribution is 0.0919. The topological polar surface area (TPSA) is 56.1 Å². The highest BCUT2D eigenvalue weighted by Gasteiger charge is 2.21. The summed E-state index contributed by atoms with van der Waals surface area (Å²) in [5.41, 5.74) is 4.04. The molecule has 0 aliphatic carbocycles. The molecule has 0 aliphatic heterocycles. The lowest BCUT2D eigenvalue weighted by atomic mass is 9.96. The number of methoxy groups -OCH3 is 1. The van der Waals surface area contributed by atoms with Crippen LogP contribution in [0.3, 0.4) is 0 Å². The number of rotatable bonds is 4. The minimum Gasteiger partial charge on any atom is -0.497 e. The fourth-order valence-electron chi connectivity index (χ4n) is 3.33. The van der Waals surface area contributed by atoms with Crippen LogP contribution in [0.25, 0.3) is 22.4 Å². The maximum Gasteiger partial charge on any atom is 0.251 e. The number of carbonyl (C=O) groups is 1. The van der Waals surface area contributed by atoms with E-state index in [1.165, 1.54) is 0 Å². The predicted octanol–water partition coefficient (Wildman–Crippen LogP) is 5.51. The molecule has 0 atom stereocenters. The maximum atomic E-state index is 13.0. The molecule has 158 valence electrons. The molecule has 0 unspecified atom stereocenters. The van der Waals surface area contributed by atoms with Crippen molar-refractivity contribution in [2.24, 2.45) is 0 Å². The number of hydrogen-bond acceptors (Lipinski definition) is 3.